The van der Waals surface area contributed by atoms with E-state index in [-0.39, 0.29) is 23.9 Å². The lowest BCUT2D eigenvalue weighted by atomic mass is 9.96. The molecule has 0 aliphatic rings. The predicted molar refractivity (Wildman–Crippen MR) is 168 cm³/mol. The molecule has 0 saturated carbocycles. The van der Waals surface area contributed by atoms with E-state index >= 15 is 0 Å². The third kappa shape index (κ3) is 6.43. The third-order valence-electron chi connectivity index (χ3n) is 7.07. The Morgan fingerprint density at radius 1 is 0.953 bits per heavy atom. The maximum absolute atomic E-state index is 13.8. The molecule has 7 nitrogen and oxygen atoms in total. The van der Waals surface area contributed by atoms with E-state index in [1.165, 1.54) is 16.8 Å². The second kappa shape index (κ2) is 12.9. The maximum atomic E-state index is 13.8. The molecule has 5 rings (SSSR count). The highest BCUT2D eigenvalue weighted by Crippen LogP contribution is 2.34. The lowest BCUT2D eigenvalue weighted by Gasteiger charge is -2.17. The van der Waals surface area contributed by atoms with E-state index in [9.17, 15) is 9.18 Å². The largest absolute Gasteiger partial charge is 0.496 e. The summed E-state index contributed by atoms with van der Waals surface area (Å²) in [6.07, 6.45) is 1.60. The molecule has 1 heterocycles. The van der Waals surface area contributed by atoms with Gasteiger partial charge in [-0.15, -0.1) is 0 Å². The highest BCUT2D eigenvalue weighted by Gasteiger charge is 2.18. The Hall–Kier alpha value is -4.98. The number of ether oxygens (including phenoxy) is 3. The fourth-order valence-corrected chi connectivity index (χ4v) is 4.88. The Morgan fingerprint density at radius 3 is 2.51 bits per heavy atom. The molecular formula is C35H34FN3O4. The van der Waals surface area contributed by atoms with Crippen LogP contribution in [0.2, 0.25) is 0 Å². The minimum absolute atomic E-state index is 0.187. The van der Waals surface area contributed by atoms with Crippen LogP contribution in [0.15, 0.2) is 88.8 Å². The zero-order valence-electron chi connectivity index (χ0n) is 24.9. The van der Waals surface area contributed by atoms with Crippen molar-refractivity contribution in [3.05, 3.63) is 117 Å². The van der Waals surface area contributed by atoms with E-state index in [0.717, 1.165) is 22.4 Å². The zero-order valence-corrected chi connectivity index (χ0v) is 24.9. The van der Waals surface area contributed by atoms with Gasteiger partial charge in [-0.1, -0.05) is 38.1 Å². The molecule has 8 heteroatoms. The van der Waals surface area contributed by atoms with Crippen LogP contribution >= 0.6 is 0 Å². The minimum Gasteiger partial charge on any atom is -0.496 e. The molecular weight excluding hydrogens is 545 g/mol. The summed E-state index contributed by atoms with van der Waals surface area (Å²) >= 11 is 0. The van der Waals surface area contributed by atoms with Gasteiger partial charge in [0.15, 0.2) is 17.3 Å². The lowest BCUT2D eigenvalue weighted by Crippen LogP contribution is -2.20. The topological polar surface area (TPSA) is 74.9 Å². The number of halogens is 1. The summed E-state index contributed by atoms with van der Waals surface area (Å²) in [7, 11) is 1.66. The summed E-state index contributed by atoms with van der Waals surface area (Å²) in [6.45, 7) is 8.64. The van der Waals surface area contributed by atoms with Crippen LogP contribution in [-0.4, -0.2) is 29.6 Å². The first-order valence-electron chi connectivity index (χ1n) is 14.2. The van der Waals surface area contributed by atoms with Gasteiger partial charge in [0.1, 0.15) is 18.2 Å². The first-order valence-corrected chi connectivity index (χ1v) is 14.2. The van der Waals surface area contributed by atoms with Gasteiger partial charge < -0.3 is 14.2 Å². The number of aromatic nitrogens is 2. The molecule has 0 N–H and O–H groups in total. The van der Waals surface area contributed by atoms with Crippen molar-refractivity contribution < 1.29 is 18.6 Å². The number of rotatable bonds is 10. The predicted octanol–water partition coefficient (Wildman–Crippen LogP) is 7.50. The highest BCUT2D eigenvalue weighted by molar-refractivity contribution is 5.83. The van der Waals surface area contributed by atoms with E-state index in [4.69, 9.17) is 19.2 Å². The summed E-state index contributed by atoms with van der Waals surface area (Å²) in [5.74, 6) is 2.13. The van der Waals surface area contributed by atoms with Crippen LogP contribution in [0.5, 0.6) is 17.2 Å². The molecule has 0 fully saturated rings. The summed E-state index contributed by atoms with van der Waals surface area (Å²) < 4.78 is 32.4. The van der Waals surface area contributed by atoms with Crippen LogP contribution in [0.3, 0.4) is 0 Å². The average Bonchev–Trinajstić information content (AvgIpc) is 3.00. The standard InChI is InChI=1S/C35H34FN3O4/c1-6-42-33-18-24(14-15-31(33)43-21-25-10-9-11-26(36)17-25)20-37-39-34(38-30-13-8-7-12-27(30)35(39)40)29-19-28(22(2)3)32(41-5)16-23(29)4/h7-20,22H,6,21H2,1-5H3. The van der Waals surface area contributed by atoms with E-state index in [2.05, 4.69) is 18.9 Å². The normalized spacial score (nSPS) is 11.4. The molecule has 4 aromatic carbocycles. The van der Waals surface area contributed by atoms with Gasteiger partial charge in [-0.3, -0.25) is 4.79 Å². The Labute approximate surface area is 250 Å². The second-order valence-electron chi connectivity index (χ2n) is 10.4. The van der Waals surface area contributed by atoms with Crippen molar-refractivity contribution >= 4 is 17.1 Å². The quantitative estimate of drug-likeness (QED) is 0.160. The molecule has 1 aromatic heterocycles. The molecule has 5 aromatic rings. The molecule has 0 unspecified atom stereocenters. The smallest absolute Gasteiger partial charge is 0.282 e. The molecule has 220 valence electrons. The van der Waals surface area contributed by atoms with Gasteiger partial charge in [0.2, 0.25) is 0 Å². The van der Waals surface area contributed by atoms with Crippen molar-refractivity contribution in [2.24, 2.45) is 5.10 Å². The lowest BCUT2D eigenvalue weighted by molar-refractivity contribution is 0.269. The number of para-hydroxylation sites is 1. The number of hydrogen-bond donors (Lipinski definition) is 0. The maximum Gasteiger partial charge on any atom is 0.282 e. The van der Waals surface area contributed by atoms with Crippen LogP contribution < -0.4 is 19.8 Å². The van der Waals surface area contributed by atoms with Crippen molar-refractivity contribution in [3.8, 4) is 28.6 Å². The third-order valence-corrected chi connectivity index (χ3v) is 7.07. The van der Waals surface area contributed by atoms with Crippen LogP contribution in [-0.2, 0) is 6.61 Å². The second-order valence-corrected chi connectivity index (χ2v) is 10.4. The van der Waals surface area contributed by atoms with Gasteiger partial charge in [-0.2, -0.15) is 9.78 Å². The number of nitrogens with zero attached hydrogens (tertiary/aromatic N) is 3. The van der Waals surface area contributed by atoms with Crippen molar-refractivity contribution in [3.63, 3.8) is 0 Å². The first-order chi connectivity index (χ1) is 20.8. The summed E-state index contributed by atoms with van der Waals surface area (Å²) in [4.78, 5) is 18.7. The van der Waals surface area contributed by atoms with Gasteiger partial charge >= 0.3 is 0 Å². The van der Waals surface area contributed by atoms with Gasteiger partial charge in [0.25, 0.3) is 5.56 Å². The zero-order chi connectivity index (χ0) is 30.5. The fraction of sp³-hybridized carbons (Fsp3) is 0.229. The van der Waals surface area contributed by atoms with Crippen LogP contribution in [0, 0.1) is 12.7 Å². The Kier molecular flexibility index (Phi) is 8.85. The van der Waals surface area contributed by atoms with Gasteiger partial charge in [0, 0.05) is 5.56 Å². The van der Waals surface area contributed by atoms with Gasteiger partial charge in [-0.25, -0.2) is 9.37 Å². The minimum atomic E-state index is -0.319. The molecule has 0 amide bonds. The monoisotopic (exact) mass is 579 g/mol. The summed E-state index contributed by atoms with van der Waals surface area (Å²) in [6, 6.07) is 22.9. The molecule has 0 saturated heterocycles. The van der Waals surface area contributed by atoms with Crippen molar-refractivity contribution in [2.75, 3.05) is 13.7 Å². The molecule has 0 radical (unpaired) electrons. The SMILES string of the molecule is CCOc1cc(C=Nn2c(-c3cc(C(C)C)c(OC)cc3C)nc3ccccc3c2=O)ccc1OCc1cccc(F)c1. The molecule has 0 aliphatic carbocycles. The summed E-state index contributed by atoms with van der Waals surface area (Å²) in [5.41, 5.74) is 4.43. The number of methoxy groups -OCH3 is 1. The highest BCUT2D eigenvalue weighted by atomic mass is 19.1. The number of fused-ring (bicyclic) bond motifs is 1. The number of aryl methyl sites for hydroxylation is 1. The van der Waals surface area contributed by atoms with Gasteiger partial charge in [0.05, 0.1) is 30.8 Å². The Balaban J connectivity index is 1.57. The Morgan fingerprint density at radius 2 is 1.77 bits per heavy atom. The van der Waals surface area contributed by atoms with Crippen LogP contribution in [0.25, 0.3) is 22.3 Å². The van der Waals surface area contributed by atoms with Crippen molar-refractivity contribution in [1.29, 1.82) is 0 Å². The molecule has 0 atom stereocenters. The molecule has 0 aliphatic heterocycles. The number of hydrogen-bond acceptors (Lipinski definition) is 6. The van der Waals surface area contributed by atoms with Gasteiger partial charge in [-0.05, 0) is 96.6 Å². The van der Waals surface area contributed by atoms with Crippen LogP contribution in [0.4, 0.5) is 4.39 Å². The van der Waals surface area contributed by atoms with E-state index in [1.54, 1.807) is 43.7 Å². The van der Waals surface area contributed by atoms with Crippen molar-refractivity contribution in [1.82, 2.24) is 9.66 Å². The van der Waals surface area contributed by atoms with Crippen LogP contribution in [0.1, 0.15) is 48.9 Å². The van der Waals surface area contributed by atoms with E-state index < -0.39 is 0 Å². The fourth-order valence-electron chi connectivity index (χ4n) is 4.88. The summed E-state index contributed by atoms with van der Waals surface area (Å²) in [5, 5.41) is 5.11. The average molecular weight is 580 g/mol. The van der Waals surface area contributed by atoms with E-state index in [0.29, 0.717) is 46.0 Å². The molecule has 0 spiro atoms. The Bertz CT molecular complexity index is 1860. The number of benzene rings is 4. The van der Waals surface area contributed by atoms with E-state index in [1.807, 2.05) is 50.2 Å². The first kappa shape index (κ1) is 29.5. The van der Waals surface area contributed by atoms with Crippen molar-refractivity contribution in [2.45, 2.75) is 40.2 Å². The molecule has 43 heavy (non-hydrogen) atoms. The molecule has 0 bridgehead atoms.